The summed E-state index contributed by atoms with van der Waals surface area (Å²) in [7, 11) is 3.75. The predicted molar refractivity (Wildman–Crippen MR) is 108 cm³/mol. The van der Waals surface area contributed by atoms with Crippen molar-refractivity contribution in [1.29, 1.82) is 0 Å². The van der Waals surface area contributed by atoms with Crippen LogP contribution in [0.15, 0.2) is 36.5 Å². The number of H-pyrrole nitrogens is 1. The number of rotatable bonds is 6. The van der Waals surface area contributed by atoms with Crippen LogP contribution in [0.1, 0.15) is 26.4 Å². The quantitative estimate of drug-likeness (QED) is 0.517. The smallest absolute Gasteiger partial charge is 0.272 e. The van der Waals surface area contributed by atoms with E-state index in [1.165, 1.54) is 6.07 Å². The Morgan fingerprint density at radius 3 is 2.53 bits per heavy atom. The van der Waals surface area contributed by atoms with E-state index in [0.717, 1.165) is 11.4 Å². The molecule has 2 amide bonds. The lowest BCUT2D eigenvalue weighted by Crippen LogP contribution is -2.23. The average molecular weight is 435 g/mol. The summed E-state index contributed by atoms with van der Waals surface area (Å²) in [5.41, 5.74) is 0.565. The fourth-order valence-electron chi connectivity index (χ4n) is 2.45. The van der Waals surface area contributed by atoms with Crippen LogP contribution in [-0.4, -0.2) is 41.1 Å². The summed E-state index contributed by atoms with van der Waals surface area (Å²) in [4.78, 5) is 30.6. The first-order valence-corrected chi connectivity index (χ1v) is 9.04. The fraction of sp³-hybridized carbons (Fsp3) is 0.158. The summed E-state index contributed by atoms with van der Waals surface area (Å²) >= 11 is 5.78. The van der Waals surface area contributed by atoms with Crippen LogP contribution < -0.4 is 15.5 Å². The van der Waals surface area contributed by atoms with E-state index in [1.807, 2.05) is 31.1 Å². The first-order chi connectivity index (χ1) is 14.2. The van der Waals surface area contributed by atoms with Gasteiger partial charge in [0.05, 0.1) is 10.6 Å². The van der Waals surface area contributed by atoms with Crippen LogP contribution in [0.5, 0.6) is 0 Å². The van der Waals surface area contributed by atoms with Crippen LogP contribution in [0, 0.1) is 11.6 Å². The zero-order chi connectivity index (χ0) is 21.8. The molecule has 2 aromatic heterocycles. The van der Waals surface area contributed by atoms with Crippen molar-refractivity contribution in [3.8, 4) is 0 Å². The molecule has 0 aliphatic carbocycles. The topological polar surface area (TPSA) is 103 Å². The Labute approximate surface area is 175 Å². The number of hydrogen-bond donors (Lipinski definition) is 3. The molecule has 30 heavy (non-hydrogen) atoms. The predicted octanol–water partition coefficient (Wildman–Crippen LogP) is 2.98. The average Bonchev–Trinajstić information content (AvgIpc) is 3.17. The van der Waals surface area contributed by atoms with Crippen LogP contribution in [0.25, 0.3) is 0 Å². The molecule has 3 aromatic rings. The molecule has 0 bridgehead atoms. The Kier molecular flexibility index (Phi) is 6.26. The SMILES string of the molecule is CN(C)c1ccc(CNC(=O)c2cc(NC(=O)c3cc(F)c(F)cc3Cl)[nH]n2)cn1. The molecule has 3 N–H and O–H groups in total. The number of pyridine rings is 1. The van der Waals surface area contributed by atoms with Crippen molar-refractivity contribution in [2.45, 2.75) is 6.54 Å². The summed E-state index contributed by atoms with van der Waals surface area (Å²) in [6.45, 7) is 0.235. The normalized spacial score (nSPS) is 10.6. The van der Waals surface area contributed by atoms with Gasteiger partial charge in [0.2, 0.25) is 0 Å². The summed E-state index contributed by atoms with van der Waals surface area (Å²) in [6, 6.07) is 6.36. The Morgan fingerprint density at radius 1 is 1.13 bits per heavy atom. The standard InChI is InChI=1S/C19H17ClF2N6O2/c1-28(2)17-4-3-10(8-23-17)9-24-19(30)15-7-16(27-26-15)25-18(29)11-5-13(21)14(22)6-12(11)20/h3-8H,9H2,1-2H3,(H,24,30)(H2,25,26,27,29). The number of anilines is 2. The van der Waals surface area contributed by atoms with Gasteiger partial charge in [-0.05, 0) is 23.8 Å². The number of carbonyl (C=O) groups excluding carboxylic acids is 2. The number of aromatic nitrogens is 3. The maximum absolute atomic E-state index is 13.4. The monoisotopic (exact) mass is 434 g/mol. The molecule has 0 saturated carbocycles. The van der Waals surface area contributed by atoms with Crippen LogP contribution in [0.3, 0.4) is 0 Å². The van der Waals surface area contributed by atoms with Gasteiger partial charge < -0.3 is 15.5 Å². The number of nitrogens with one attached hydrogen (secondary N) is 3. The number of hydrogen-bond acceptors (Lipinski definition) is 5. The zero-order valence-corrected chi connectivity index (χ0v) is 16.7. The van der Waals surface area contributed by atoms with Crippen molar-refractivity contribution in [2.75, 3.05) is 24.3 Å². The van der Waals surface area contributed by atoms with Gasteiger partial charge in [-0.3, -0.25) is 14.7 Å². The van der Waals surface area contributed by atoms with Gasteiger partial charge >= 0.3 is 0 Å². The van der Waals surface area contributed by atoms with Crippen molar-refractivity contribution in [3.63, 3.8) is 0 Å². The highest BCUT2D eigenvalue weighted by Gasteiger charge is 2.17. The van der Waals surface area contributed by atoms with E-state index >= 15 is 0 Å². The van der Waals surface area contributed by atoms with Crippen molar-refractivity contribution in [3.05, 3.63) is 70.0 Å². The molecule has 0 radical (unpaired) electrons. The minimum atomic E-state index is -1.21. The third kappa shape index (κ3) is 4.90. The lowest BCUT2D eigenvalue weighted by molar-refractivity contribution is 0.0945. The molecule has 1 aromatic carbocycles. The Balaban J connectivity index is 1.60. The summed E-state index contributed by atoms with van der Waals surface area (Å²) in [6.07, 6.45) is 1.65. The van der Waals surface area contributed by atoms with Crippen molar-refractivity contribution in [2.24, 2.45) is 0 Å². The van der Waals surface area contributed by atoms with Crippen molar-refractivity contribution in [1.82, 2.24) is 20.5 Å². The molecule has 8 nitrogen and oxygen atoms in total. The summed E-state index contributed by atoms with van der Waals surface area (Å²) in [5, 5.41) is 11.1. The van der Waals surface area contributed by atoms with E-state index < -0.39 is 23.4 Å². The van der Waals surface area contributed by atoms with Gasteiger partial charge in [0.15, 0.2) is 17.3 Å². The van der Waals surface area contributed by atoms with Crippen LogP contribution in [0.2, 0.25) is 5.02 Å². The minimum absolute atomic E-state index is 0.0274. The number of carbonyl (C=O) groups is 2. The third-order valence-corrected chi connectivity index (χ3v) is 4.35. The van der Waals surface area contributed by atoms with Crippen molar-refractivity contribution < 1.29 is 18.4 Å². The molecule has 0 atom stereocenters. The highest BCUT2D eigenvalue weighted by molar-refractivity contribution is 6.34. The third-order valence-electron chi connectivity index (χ3n) is 4.03. The molecule has 2 heterocycles. The summed E-state index contributed by atoms with van der Waals surface area (Å²) < 4.78 is 26.5. The molecular formula is C19H17ClF2N6O2. The Hall–Kier alpha value is -3.53. The van der Waals surface area contributed by atoms with E-state index in [2.05, 4.69) is 25.8 Å². The first kappa shape index (κ1) is 21.2. The number of amides is 2. The molecule has 156 valence electrons. The van der Waals surface area contributed by atoms with E-state index in [4.69, 9.17) is 11.6 Å². The van der Waals surface area contributed by atoms with Gasteiger partial charge in [0.25, 0.3) is 11.8 Å². The van der Waals surface area contributed by atoms with Crippen LogP contribution >= 0.6 is 11.6 Å². The van der Waals surface area contributed by atoms with E-state index in [1.54, 1.807) is 6.20 Å². The molecule has 3 rings (SSSR count). The largest absolute Gasteiger partial charge is 0.363 e. The second-order valence-electron chi connectivity index (χ2n) is 6.47. The lowest BCUT2D eigenvalue weighted by atomic mass is 10.2. The highest BCUT2D eigenvalue weighted by atomic mass is 35.5. The van der Waals surface area contributed by atoms with E-state index in [-0.39, 0.29) is 28.6 Å². The lowest BCUT2D eigenvalue weighted by Gasteiger charge is -2.11. The molecule has 0 saturated heterocycles. The number of benzene rings is 1. The molecule has 11 heteroatoms. The zero-order valence-electron chi connectivity index (χ0n) is 16.0. The van der Waals surface area contributed by atoms with Gasteiger partial charge in [-0.15, -0.1) is 0 Å². The molecule has 0 aliphatic heterocycles. The Bertz CT molecular complexity index is 1090. The molecule has 0 fully saturated rings. The maximum atomic E-state index is 13.4. The molecule has 0 unspecified atom stereocenters. The van der Waals surface area contributed by atoms with Crippen LogP contribution in [0.4, 0.5) is 20.4 Å². The van der Waals surface area contributed by atoms with E-state index in [9.17, 15) is 18.4 Å². The molecule has 0 aliphatic rings. The van der Waals surface area contributed by atoms with Gasteiger partial charge in [-0.25, -0.2) is 13.8 Å². The van der Waals surface area contributed by atoms with Crippen molar-refractivity contribution >= 4 is 35.1 Å². The molecular weight excluding hydrogens is 418 g/mol. The number of nitrogens with zero attached hydrogens (tertiary/aromatic N) is 3. The Morgan fingerprint density at radius 2 is 1.87 bits per heavy atom. The fourth-order valence-corrected chi connectivity index (χ4v) is 2.68. The van der Waals surface area contributed by atoms with Gasteiger partial charge in [-0.1, -0.05) is 17.7 Å². The number of halogens is 3. The van der Waals surface area contributed by atoms with Crippen LogP contribution in [-0.2, 0) is 6.54 Å². The van der Waals surface area contributed by atoms with E-state index in [0.29, 0.717) is 12.1 Å². The maximum Gasteiger partial charge on any atom is 0.272 e. The minimum Gasteiger partial charge on any atom is -0.363 e. The summed E-state index contributed by atoms with van der Waals surface area (Å²) in [5.74, 6) is -2.76. The molecule has 0 spiro atoms. The first-order valence-electron chi connectivity index (χ1n) is 8.66. The second-order valence-corrected chi connectivity index (χ2v) is 6.88. The number of aromatic amines is 1. The highest BCUT2D eigenvalue weighted by Crippen LogP contribution is 2.21. The second kappa shape index (κ2) is 8.87. The van der Waals surface area contributed by atoms with Gasteiger partial charge in [0.1, 0.15) is 11.6 Å². The van der Waals surface area contributed by atoms with Gasteiger partial charge in [-0.2, -0.15) is 5.10 Å². The van der Waals surface area contributed by atoms with Gasteiger partial charge in [0, 0.05) is 32.9 Å².